The van der Waals surface area contributed by atoms with Crippen molar-refractivity contribution in [3.8, 4) is 11.1 Å². The first-order valence-corrected chi connectivity index (χ1v) is 9.39. The summed E-state index contributed by atoms with van der Waals surface area (Å²) in [6.45, 7) is 4.03. The third kappa shape index (κ3) is 4.77. The Morgan fingerprint density at radius 1 is 1.19 bits per heavy atom. The molecule has 1 atom stereocenters. The van der Waals surface area contributed by atoms with Crippen LogP contribution in [-0.2, 0) is 11.3 Å². The van der Waals surface area contributed by atoms with E-state index in [1.165, 1.54) is 11.3 Å². The van der Waals surface area contributed by atoms with Gasteiger partial charge in [-0.25, -0.2) is 9.37 Å². The van der Waals surface area contributed by atoms with Crippen molar-refractivity contribution in [1.82, 2.24) is 10.4 Å². The average molecular weight is 388 g/mol. The van der Waals surface area contributed by atoms with Crippen molar-refractivity contribution in [2.24, 2.45) is 0 Å². The predicted molar refractivity (Wildman–Crippen MR) is 101 cm³/mol. The number of nitrogens with zero attached hydrogens (tertiary/aromatic N) is 2. The molecule has 0 aliphatic rings. The van der Waals surface area contributed by atoms with Crippen LogP contribution in [0.5, 0.6) is 0 Å². The van der Waals surface area contributed by atoms with Gasteiger partial charge in [0.15, 0.2) is 0 Å². The van der Waals surface area contributed by atoms with Crippen molar-refractivity contribution in [2.75, 3.05) is 6.61 Å². The summed E-state index contributed by atoms with van der Waals surface area (Å²) >= 11 is 1.53. The van der Waals surface area contributed by atoms with Gasteiger partial charge in [0.1, 0.15) is 10.8 Å². The van der Waals surface area contributed by atoms with Crippen LogP contribution in [0.1, 0.15) is 34.0 Å². The van der Waals surface area contributed by atoms with Crippen LogP contribution < -0.4 is 0 Å². The second kappa shape index (κ2) is 8.69. The first kappa shape index (κ1) is 19.6. The number of halogens is 1. The van der Waals surface area contributed by atoms with Gasteiger partial charge in [-0.1, -0.05) is 49.4 Å². The highest BCUT2D eigenvalue weighted by Gasteiger charge is 2.17. The molecule has 0 radical (unpaired) electrons. The summed E-state index contributed by atoms with van der Waals surface area (Å²) in [6, 6.07) is 14.8. The van der Waals surface area contributed by atoms with Gasteiger partial charge in [0.2, 0.25) is 0 Å². The van der Waals surface area contributed by atoms with Crippen molar-refractivity contribution in [1.29, 1.82) is 0 Å². The quantitative estimate of drug-likeness (QED) is 0.560. The van der Waals surface area contributed by atoms with Crippen molar-refractivity contribution >= 4 is 11.3 Å². The summed E-state index contributed by atoms with van der Waals surface area (Å²) in [4.78, 5) is 10.2. The minimum atomic E-state index is -0.295. The van der Waals surface area contributed by atoms with Crippen molar-refractivity contribution in [2.45, 2.75) is 26.2 Å². The number of aryl methyl sites for hydroxylation is 1. The van der Waals surface area contributed by atoms with Crippen LogP contribution in [-0.4, -0.2) is 27.4 Å². The molecule has 0 fully saturated rings. The number of hydrogen-bond acceptors (Lipinski definition) is 6. The average Bonchev–Trinajstić information content (AvgIpc) is 3.02. The zero-order valence-electron chi connectivity index (χ0n) is 15.1. The first-order chi connectivity index (χ1) is 13.0. The molecule has 27 heavy (non-hydrogen) atoms. The van der Waals surface area contributed by atoms with Crippen molar-refractivity contribution < 1.29 is 19.6 Å². The predicted octanol–water partition coefficient (Wildman–Crippen LogP) is 4.96. The van der Waals surface area contributed by atoms with Crippen LogP contribution in [0.4, 0.5) is 4.39 Å². The van der Waals surface area contributed by atoms with E-state index in [2.05, 4.69) is 9.82 Å². The Balaban J connectivity index is 1.78. The van der Waals surface area contributed by atoms with Crippen molar-refractivity contribution in [3.63, 3.8) is 0 Å². The number of thiazole rings is 1. The van der Waals surface area contributed by atoms with Crippen molar-refractivity contribution in [3.05, 3.63) is 75.5 Å². The molecule has 5 nitrogen and oxygen atoms in total. The summed E-state index contributed by atoms with van der Waals surface area (Å²) in [5.74, 6) is -0.298. The van der Waals surface area contributed by atoms with E-state index in [-0.39, 0.29) is 23.7 Å². The highest BCUT2D eigenvalue weighted by Crippen LogP contribution is 2.32. The third-order valence-electron chi connectivity index (χ3n) is 4.39. The maximum absolute atomic E-state index is 14.7. The van der Waals surface area contributed by atoms with E-state index in [0.717, 1.165) is 26.7 Å². The molecule has 3 aromatic rings. The lowest BCUT2D eigenvalue weighted by Gasteiger charge is -2.11. The van der Waals surface area contributed by atoms with Gasteiger partial charge < -0.3 is 0 Å². The van der Waals surface area contributed by atoms with Crippen LogP contribution in [0.2, 0.25) is 0 Å². The van der Waals surface area contributed by atoms with Gasteiger partial charge in [-0.05, 0) is 24.1 Å². The van der Waals surface area contributed by atoms with E-state index < -0.39 is 0 Å². The number of hydrogen-bond donors (Lipinski definition) is 2. The second-order valence-electron chi connectivity index (χ2n) is 6.22. The Morgan fingerprint density at radius 3 is 2.59 bits per heavy atom. The van der Waals surface area contributed by atoms with Gasteiger partial charge in [0.05, 0.1) is 17.7 Å². The number of aromatic nitrogens is 1. The summed E-state index contributed by atoms with van der Waals surface area (Å²) in [6.07, 6.45) is 0.509. The molecule has 2 aromatic carbocycles. The molecule has 1 aromatic heterocycles. The number of benzene rings is 2. The van der Waals surface area contributed by atoms with Crippen LogP contribution in [0.3, 0.4) is 0 Å². The molecule has 0 amide bonds. The molecule has 0 spiro atoms. The maximum Gasteiger partial charge on any atom is 0.131 e. The highest BCUT2D eigenvalue weighted by molar-refractivity contribution is 7.11. The number of rotatable bonds is 7. The van der Waals surface area contributed by atoms with Gasteiger partial charge >= 0.3 is 0 Å². The fraction of sp³-hybridized carbons (Fsp3) is 0.250. The Labute approximate surface area is 161 Å². The smallest absolute Gasteiger partial charge is 0.131 e. The van der Waals surface area contributed by atoms with E-state index in [1.807, 2.05) is 56.3 Å². The Bertz CT molecular complexity index is 899. The molecule has 142 valence electrons. The third-order valence-corrected chi connectivity index (χ3v) is 5.79. The standard InChI is InChI=1S/C20H21FN2O3S/c1-13(20-22-14(2)19(27-20)10-11-26-23(24)25)16-8-9-17(18(21)12-16)15-6-4-3-5-7-15/h3-9,12-13,24-25H,10-11H2,1-2H3. The molecule has 0 aliphatic carbocycles. The maximum atomic E-state index is 14.7. The molecular formula is C20H21FN2O3S. The molecule has 2 N–H and O–H groups in total. The zero-order valence-corrected chi connectivity index (χ0v) is 15.9. The van der Waals surface area contributed by atoms with Gasteiger partial charge in [-0.3, -0.25) is 15.3 Å². The summed E-state index contributed by atoms with van der Waals surface area (Å²) in [5.41, 5.74) is 3.16. The SMILES string of the molecule is Cc1nc(C(C)c2ccc(-c3ccccc3)c(F)c2)sc1CCON(O)O. The molecule has 0 saturated heterocycles. The minimum absolute atomic E-state index is 0.0464. The summed E-state index contributed by atoms with van der Waals surface area (Å²) in [5, 5.41) is 17.8. The summed E-state index contributed by atoms with van der Waals surface area (Å²) in [7, 11) is 0. The van der Waals surface area contributed by atoms with Gasteiger partial charge in [-0.2, -0.15) is 0 Å². The molecule has 0 bridgehead atoms. The lowest BCUT2D eigenvalue weighted by atomic mass is 9.97. The Morgan fingerprint density at radius 2 is 1.93 bits per heavy atom. The fourth-order valence-electron chi connectivity index (χ4n) is 2.88. The monoisotopic (exact) mass is 388 g/mol. The Hall–Kier alpha value is -2.16. The van der Waals surface area contributed by atoms with E-state index in [4.69, 9.17) is 10.4 Å². The van der Waals surface area contributed by atoms with E-state index in [1.54, 1.807) is 6.07 Å². The molecule has 0 saturated carbocycles. The largest absolute Gasteiger partial charge is 0.266 e. The normalized spacial score (nSPS) is 12.5. The molecule has 0 aliphatic heterocycles. The Kier molecular flexibility index (Phi) is 6.30. The van der Waals surface area contributed by atoms with Crippen LogP contribution in [0.25, 0.3) is 11.1 Å². The van der Waals surface area contributed by atoms with Gasteiger partial charge in [0.25, 0.3) is 0 Å². The molecule has 7 heteroatoms. The van der Waals surface area contributed by atoms with Crippen LogP contribution in [0, 0.1) is 12.7 Å². The lowest BCUT2D eigenvalue weighted by Crippen LogP contribution is -2.16. The highest BCUT2D eigenvalue weighted by atomic mass is 32.1. The van der Waals surface area contributed by atoms with E-state index >= 15 is 0 Å². The van der Waals surface area contributed by atoms with Crippen LogP contribution >= 0.6 is 11.3 Å². The van der Waals surface area contributed by atoms with E-state index in [0.29, 0.717) is 12.0 Å². The van der Waals surface area contributed by atoms with Crippen LogP contribution in [0.15, 0.2) is 48.5 Å². The van der Waals surface area contributed by atoms with E-state index in [9.17, 15) is 4.39 Å². The molecular weight excluding hydrogens is 367 g/mol. The zero-order chi connectivity index (χ0) is 19.4. The summed E-state index contributed by atoms with van der Waals surface area (Å²) < 4.78 is 14.7. The minimum Gasteiger partial charge on any atom is -0.266 e. The first-order valence-electron chi connectivity index (χ1n) is 8.57. The molecule has 1 unspecified atom stereocenters. The van der Waals surface area contributed by atoms with Gasteiger partial charge in [-0.15, -0.1) is 11.3 Å². The fourth-order valence-corrected chi connectivity index (χ4v) is 4.01. The lowest BCUT2D eigenvalue weighted by molar-refractivity contribution is -0.492. The molecule has 1 heterocycles. The topological polar surface area (TPSA) is 65.8 Å². The molecule has 3 rings (SSSR count). The second-order valence-corrected chi connectivity index (χ2v) is 7.34. The van der Waals surface area contributed by atoms with Gasteiger partial charge in [0, 0.05) is 22.8 Å².